The van der Waals surface area contributed by atoms with Gasteiger partial charge in [-0.05, 0) is 44.9 Å². The Bertz CT molecular complexity index is 314. The van der Waals surface area contributed by atoms with Crippen molar-refractivity contribution in [2.24, 2.45) is 11.7 Å². The average Bonchev–Trinajstić information content (AvgIpc) is 2.93. The Morgan fingerprint density at radius 2 is 1.90 bits per heavy atom. The molecule has 1 saturated carbocycles. The quantitative estimate of drug-likeness (QED) is 0.842. The molecule has 0 bridgehead atoms. The van der Waals surface area contributed by atoms with Crippen molar-refractivity contribution < 1.29 is 9.53 Å². The molecule has 1 saturated heterocycles. The fraction of sp³-hybridized carbons (Fsp3) is 0.938. The molecular formula is C16H30N2O2. The predicted octanol–water partition coefficient (Wildman–Crippen LogP) is 2.31. The van der Waals surface area contributed by atoms with Gasteiger partial charge in [0.1, 0.15) is 0 Å². The van der Waals surface area contributed by atoms with Gasteiger partial charge in [0.15, 0.2) is 0 Å². The minimum atomic E-state index is 0.0853. The van der Waals surface area contributed by atoms with Gasteiger partial charge in [-0.25, -0.2) is 0 Å². The molecule has 2 unspecified atom stereocenters. The zero-order chi connectivity index (χ0) is 14.5. The number of amides is 1. The third-order valence-electron chi connectivity index (χ3n) is 4.86. The lowest BCUT2D eigenvalue weighted by Gasteiger charge is -2.38. The smallest absolute Gasteiger partial charge is 0.228 e. The summed E-state index contributed by atoms with van der Waals surface area (Å²) in [5.74, 6) is 0.416. The molecule has 2 aliphatic rings. The topological polar surface area (TPSA) is 55.6 Å². The van der Waals surface area contributed by atoms with Gasteiger partial charge in [-0.15, -0.1) is 0 Å². The summed E-state index contributed by atoms with van der Waals surface area (Å²) < 4.78 is 5.70. The van der Waals surface area contributed by atoms with Crippen molar-refractivity contribution in [3.05, 3.63) is 0 Å². The van der Waals surface area contributed by atoms with E-state index < -0.39 is 0 Å². The minimum absolute atomic E-state index is 0.0853. The van der Waals surface area contributed by atoms with Crippen LogP contribution in [0.5, 0.6) is 0 Å². The van der Waals surface area contributed by atoms with Crippen LogP contribution < -0.4 is 5.73 Å². The van der Waals surface area contributed by atoms with Crippen molar-refractivity contribution in [1.29, 1.82) is 0 Å². The van der Waals surface area contributed by atoms with Gasteiger partial charge in [0.25, 0.3) is 0 Å². The number of carbonyl (C=O) groups excluding carboxylic acids is 1. The second-order valence-electron chi connectivity index (χ2n) is 6.31. The summed E-state index contributed by atoms with van der Waals surface area (Å²) in [6, 6.07) is 0.739. The molecule has 0 aromatic rings. The molecule has 116 valence electrons. The summed E-state index contributed by atoms with van der Waals surface area (Å²) in [4.78, 5) is 15.0. The Labute approximate surface area is 123 Å². The maximum Gasteiger partial charge on any atom is 0.228 e. The number of nitrogens with two attached hydrogens (primary N) is 1. The summed E-state index contributed by atoms with van der Waals surface area (Å²) in [5.41, 5.74) is 5.99. The number of carbonyl (C=O) groups is 1. The number of ether oxygens (including phenoxy) is 1. The van der Waals surface area contributed by atoms with E-state index in [0.717, 1.165) is 58.1 Å². The van der Waals surface area contributed by atoms with Crippen LogP contribution in [0.4, 0.5) is 0 Å². The molecule has 0 radical (unpaired) electrons. The highest BCUT2D eigenvalue weighted by Gasteiger charge is 2.38. The fourth-order valence-corrected chi connectivity index (χ4v) is 3.67. The van der Waals surface area contributed by atoms with Gasteiger partial charge >= 0.3 is 0 Å². The van der Waals surface area contributed by atoms with Crippen molar-refractivity contribution in [3.8, 4) is 0 Å². The first-order valence-corrected chi connectivity index (χ1v) is 8.35. The van der Waals surface area contributed by atoms with E-state index in [-0.39, 0.29) is 12.0 Å². The van der Waals surface area contributed by atoms with Gasteiger partial charge in [0, 0.05) is 25.2 Å². The third-order valence-corrected chi connectivity index (χ3v) is 4.86. The molecular weight excluding hydrogens is 252 g/mol. The van der Waals surface area contributed by atoms with E-state index in [1.165, 1.54) is 0 Å². The highest BCUT2D eigenvalue weighted by Crippen LogP contribution is 2.29. The number of rotatable bonds is 5. The Balaban J connectivity index is 2.01. The average molecular weight is 282 g/mol. The standard InChI is InChI=1S/C16H30N2O2/c1-3-10-18(13-7-5-12(17)6-8-13)16(19)14-9-11-20-15(14)4-2/h12-15H,3-11,17H2,1-2H3. The van der Waals surface area contributed by atoms with Gasteiger partial charge in [-0.1, -0.05) is 13.8 Å². The highest BCUT2D eigenvalue weighted by molar-refractivity contribution is 5.80. The maximum absolute atomic E-state index is 12.9. The molecule has 2 N–H and O–H groups in total. The lowest BCUT2D eigenvalue weighted by atomic mass is 9.89. The lowest BCUT2D eigenvalue weighted by molar-refractivity contribution is -0.140. The van der Waals surface area contributed by atoms with Crippen molar-refractivity contribution in [1.82, 2.24) is 4.90 Å². The van der Waals surface area contributed by atoms with Crippen LogP contribution in [0.2, 0.25) is 0 Å². The van der Waals surface area contributed by atoms with Crippen LogP contribution in [0.15, 0.2) is 0 Å². The van der Waals surface area contributed by atoms with Gasteiger partial charge in [0.05, 0.1) is 12.0 Å². The zero-order valence-electron chi connectivity index (χ0n) is 13.0. The molecule has 4 heteroatoms. The summed E-state index contributed by atoms with van der Waals surface area (Å²) in [7, 11) is 0. The van der Waals surface area contributed by atoms with E-state index in [0.29, 0.717) is 18.0 Å². The molecule has 1 heterocycles. The Hall–Kier alpha value is -0.610. The largest absolute Gasteiger partial charge is 0.377 e. The molecule has 0 aromatic heterocycles. The van der Waals surface area contributed by atoms with Gasteiger partial charge in [-0.2, -0.15) is 0 Å². The second-order valence-corrected chi connectivity index (χ2v) is 6.31. The van der Waals surface area contributed by atoms with Crippen LogP contribution in [0, 0.1) is 5.92 Å². The van der Waals surface area contributed by atoms with Crippen LogP contribution in [0.3, 0.4) is 0 Å². The molecule has 2 rings (SSSR count). The Morgan fingerprint density at radius 1 is 1.20 bits per heavy atom. The minimum Gasteiger partial charge on any atom is -0.377 e. The first-order chi connectivity index (χ1) is 9.67. The van der Waals surface area contributed by atoms with Crippen molar-refractivity contribution in [2.75, 3.05) is 13.2 Å². The van der Waals surface area contributed by atoms with Crippen LogP contribution in [-0.2, 0) is 9.53 Å². The Kier molecular flexibility index (Phi) is 5.85. The second kappa shape index (κ2) is 7.41. The van der Waals surface area contributed by atoms with E-state index in [2.05, 4.69) is 18.7 Å². The van der Waals surface area contributed by atoms with Crippen molar-refractivity contribution >= 4 is 5.91 Å². The Morgan fingerprint density at radius 3 is 2.50 bits per heavy atom. The SMILES string of the molecule is CCCN(C(=O)C1CCOC1CC)C1CCC(N)CC1. The van der Waals surface area contributed by atoms with Crippen LogP contribution >= 0.6 is 0 Å². The molecule has 0 spiro atoms. The number of hydrogen-bond donors (Lipinski definition) is 1. The lowest BCUT2D eigenvalue weighted by Crippen LogP contribution is -2.48. The van der Waals surface area contributed by atoms with E-state index >= 15 is 0 Å². The number of nitrogens with zero attached hydrogens (tertiary/aromatic N) is 1. The summed E-state index contributed by atoms with van der Waals surface area (Å²) in [5, 5.41) is 0. The molecule has 1 aliphatic carbocycles. The van der Waals surface area contributed by atoms with Gasteiger partial charge in [-0.3, -0.25) is 4.79 Å². The molecule has 2 atom stereocenters. The summed E-state index contributed by atoms with van der Waals surface area (Å²) >= 11 is 0. The number of hydrogen-bond acceptors (Lipinski definition) is 3. The first kappa shape index (κ1) is 15.8. The normalized spacial score (nSPS) is 34.1. The van der Waals surface area contributed by atoms with Crippen LogP contribution in [-0.4, -0.2) is 42.1 Å². The highest BCUT2D eigenvalue weighted by atomic mass is 16.5. The van der Waals surface area contributed by atoms with E-state index in [4.69, 9.17) is 10.5 Å². The molecule has 1 aliphatic heterocycles. The van der Waals surface area contributed by atoms with E-state index in [1.54, 1.807) is 0 Å². The third kappa shape index (κ3) is 3.53. The zero-order valence-corrected chi connectivity index (χ0v) is 13.0. The van der Waals surface area contributed by atoms with Crippen molar-refractivity contribution in [2.45, 2.75) is 77.0 Å². The van der Waals surface area contributed by atoms with E-state index in [1.807, 2.05) is 0 Å². The van der Waals surface area contributed by atoms with Crippen LogP contribution in [0.1, 0.15) is 58.8 Å². The molecule has 1 amide bonds. The van der Waals surface area contributed by atoms with Gasteiger partial charge < -0.3 is 15.4 Å². The van der Waals surface area contributed by atoms with E-state index in [9.17, 15) is 4.79 Å². The maximum atomic E-state index is 12.9. The molecule has 2 fully saturated rings. The monoisotopic (exact) mass is 282 g/mol. The summed E-state index contributed by atoms with van der Waals surface area (Å²) in [6.45, 7) is 5.88. The molecule has 4 nitrogen and oxygen atoms in total. The fourth-order valence-electron chi connectivity index (χ4n) is 3.67. The van der Waals surface area contributed by atoms with Crippen molar-refractivity contribution in [3.63, 3.8) is 0 Å². The van der Waals surface area contributed by atoms with Crippen LogP contribution in [0.25, 0.3) is 0 Å². The summed E-state index contributed by atoms with van der Waals surface area (Å²) in [6.07, 6.45) is 7.23. The predicted molar refractivity (Wildman–Crippen MR) is 80.4 cm³/mol. The molecule has 0 aromatic carbocycles. The molecule has 20 heavy (non-hydrogen) atoms. The van der Waals surface area contributed by atoms with Gasteiger partial charge in [0.2, 0.25) is 5.91 Å². The first-order valence-electron chi connectivity index (χ1n) is 8.35.